The van der Waals surface area contributed by atoms with Crippen molar-refractivity contribution >= 4 is 17.8 Å². The summed E-state index contributed by atoms with van der Waals surface area (Å²) in [5.41, 5.74) is 0.433. The van der Waals surface area contributed by atoms with Crippen LogP contribution in [0.3, 0.4) is 0 Å². The number of hydrogen-bond acceptors (Lipinski definition) is 5. The molecule has 7 nitrogen and oxygen atoms in total. The SMILES string of the molecule is Cc1nc(N(C)CC(=O)N(C)C)ncc1C(=O)O. The number of nitrogens with zero attached hydrogens (tertiary/aromatic N) is 4. The minimum absolute atomic E-state index is 0.0612. The van der Waals surface area contributed by atoms with E-state index in [0.29, 0.717) is 11.6 Å². The van der Waals surface area contributed by atoms with Gasteiger partial charge in [-0.15, -0.1) is 0 Å². The summed E-state index contributed by atoms with van der Waals surface area (Å²) in [4.78, 5) is 33.4. The highest BCUT2D eigenvalue weighted by atomic mass is 16.4. The van der Waals surface area contributed by atoms with Crippen molar-refractivity contribution in [2.45, 2.75) is 6.92 Å². The monoisotopic (exact) mass is 252 g/mol. The zero-order chi connectivity index (χ0) is 13.9. The lowest BCUT2D eigenvalue weighted by atomic mass is 10.2. The van der Waals surface area contributed by atoms with Gasteiger partial charge in [-0.25, -0.2) is 14.8 Å². The maximum atomic E-state index is 11.5. The molecule has 0 aromatic carbocycles. The Labute approximate surface area is 105 Å². The summed E-state index contributed by atoms with van der Waals surface area (Å²) in [6, 6.07) is 0. The topological polar surface area (TPSA) is 86.6 Å². The Hall–Kier alpha value is -2.18. The summed E-state index contributed by atoms with van der Waals surface area (Å²) in [5, 5.41) is 8.86. The van der Waals surface area contributed by atoms with Gasteiger partial charge >= 0.3 is 5.97 Å². The molecular weight excluding hydrogens is 236 g/mol. The third-order valence-electron chi connectivity index (χ3n) is 2.41. The molecule has 1 heterocycles. The highest BCUT2D eigenvalue weighted by molar-refractivity contribution is 5.88. The van der Waals surface area contributed by atoms with Crippen LogP contribution in [0.25, 0.3) is 0 Å². The number of hydrogen-bond donors (Lipinski definition) is 1. The van der Waals surface area contributed by atoms with Gasteiger partial charge in [0.1, 0.15) is 0 Å². The Morgan fingerprint density at radius 3 is 2.39 bits per heavy atom. The van der Waals surface area contributed by atoms with Crippen LogP contribution in [-0.4, -0.2) is 59.5 Å². The van der Waals surface area contributed by atoms with Crippen molar-refractivity contribution < 1.29 is 14.7 Å². The van der Waals surface area contributed by atoms with Gasteiger partial charge in [0.2, 0.25) is 11.9 Å². The number of amides is 1. The average molecular weight is 252 g/mol. The molecule has 0 aliphatic heterocycles. The van der Waals surface area contributed by atoms with Crippen molar-refractivity contribution in [3.8, 4) is 0 Å². The molecule has 1 amide bonds. The molecule has 0 radical (unpaired) electrons. The molecule has 7 heteroatoms. The van der Waals surface area contributed by atoms with E-state index >= 15 is 0 Å². The average Bonchev–Trinajstić information content (AvgIpc) is 2.27. The van der Waals surface area contributed by atoms with Crippen LogP contribution in [0.5, 0.6) is 0 Å². The van der Waals surface area contributed by atoms with Crippen molar-refractivity contribution in [1.82, 2.24) is 14.9 Å². The molecule has 0 spiro atoms. The van der Waals surface area contributed by atoms with Crippen LogP contribution in [0.1, 0.15) is 16.1 Å². The van der Waals surface area contributed by atoms with E-state index in [4.69, 9.17) is 5.11 Å². The highest BCUT2D eigenvalue weighted by Crippen LogP contribution is 2.10. The summed E-state index contributed by atoms with van der Waals surface area (Å²) in [6.45, 7) is 1.73. The first-order valence-electron chi connectivity index (χ1n) is 5.31. The van der Waals surface area contributed by atoms with Crippen LogP contribution in [0.2, 0.25) is 0 Å². The van der Waals surface area contributed by atoms with Crippen molar-refractivity contribution in [2.75, 3.05) is 32.6 Å². The van der Waals surface area contributed by atoms with Gasteiger partial charge < -0.3 is 14.9 Å². The third-order valence-corrected chi connectivity index (χ3v) is 2.41. The molecule has 1 aromatic heterocycles. The quantitative estimate of drug-likeness (QED) is 0.812. The van der Waals surface area contributed by atoms with E-state index < -0.39 is 5.97 Å². The predicted octanol–water partition coefficient (Wildman–Crippen LogP) is 0.00762. The number of carboxylic acid groups (broad SMARTS) is 1. The standard InChI is InChI=1S/C11H16N4O3/c1-7-8(10(17)18)5-12-11(13-7)15(4)6-9(16)14(2)3/h5H,6H2,1-4H3,(H,17,18). The molecule has 0 saturated carbocycles. The molecule has 0 unspecified atom stereocenters. The lowest BCUT2D eigenvalue weighted by Crippen LogP contribution is -2.35. The zero-order valence-electron chi connectivity index (χ0n) is 10.8. The van der Waals surface area contributed by atoms with Crippen molar-refractivity contribution in [1.29, 1.82) is 0 Å². The highest BCUT2D eigenvalue weighted by Gasteiger charge is 2.14. The van der Waals surface area contributed by atoms with Gasteiger partial charge in [-0.05, 0) is 6.92 Å². The van der Waals surface area contributed by atoms with E-state index in [1.807, 2.05) is 0 Å². The molecule has 0 bridgehead atoms. The molecular formula is C11H16N4O3. The lowest BCUT2D eigenvalue weighted by Gasteiger charge is -2.19. The summed E-state index contributed by atoms with van der Waals surface area (Å²) in [5.74, 6) is -0.820. The number of aromatic nitrogens is 2. The maximum absolute atomic E-state index is 11.5. The van der Waals surface area contributed by atoms with Gasteiger partial charge in [0.25, 0.3) is 0 Å². The van der Waals surface area contributed by atoms with Crippen LogP contribution < -0.4 is 4.90 Å². The molecule has 0 aliphatic rings. The minimum Gasteiger partial charge on any atom is -0.478 e. The van der Waals surface area contributed by atoms with Crippen LogP contribution in [0.15, 0.2) is 6.20 Å². The molecule has 18 heavy (non-hydrogen) atoms. The number of rotatable bonds is 4. The molecule has 1 N–H and O–H groups in total. The van der Waals surface area contributed by atoms with E-state index in [1.165, 1.54) is 11.1 Å². The van der Waals surface area contributed by atoms with Crippen molar-refractivity contribution in [3.05, 3.63) is 17.5 Å². The van der Waals surface area contributed by atoms with E-state index in [9.17, 15) is 9.59 Å². The van der Waals surface area contributed by atoms with Crippen molar-refractivity contribution in [2.24, 2.45) is 0 Å². The second kappa shape index (κ2) is 5.44. The Bertz CT molecular complexity index is 473. The number of likely N-dealkylation sites (N-methyl/N-ethyl adjacent to an activating group) is 2. The molecule has 1 aromatic rings. The molecule has 1 rings (SSSR count). The van der Waals surface area contributed by atoms with Crippen LogP contribution in [0.4, 0.5) is 5.95 Å². The number of carbonyl (C=O) groups excluding carboxylic acids is 1. The lowest BCUT2D eigenvalue weighted by molar-refractivity contribution is -0.127. The Morgan fingerprint density at radius 2 is 1.94 bits per heavy atom. The van der Waals surface area contributed by atoms with E-state index in [2.05, 4.69) is 9.97 Å². The first-order valence-corrected chi connectivity index (χ1v) is 5.31. The summed E-state index contributed by atoms with van der Waals surface area (Å²) in [6.07, 6.45) is 1.25. The van der Waals surface area contributed by atoms with Gasteiger partial charge in [0.05, 0.1) is 17.8 Å². The Morgan fingerprint density at radius 1 is 1.33 bits per heavy atom. The Kier molecular flexibility index (Phi) is 4.19. The fraction of sp³-hybridized carbons (Fsp3) is 0.455. The number of carboxylic acids is 1. The summed E-state index contributed by atoms with van der Waals surface area (Å²) in [7, 11) is 5.00. The third kappa shape index (κ3) is 3.16. The number of carbonyl (C=O) groups is 2. The van der Waals surface area contributed by atoms with Gasteiger partial charge in [-0.2, -0.15) is 0 Å². The fourth-order valence-electron chi connectivity index (χ4n) is 1.26. The largest absolute Gasteiger partial charge is 0.478 e. The minimum atomic E-state index is -1.06. The first-order chi connectivity index (χ1) is 8.32. The zero-order valence-corrected chi connectivity index (χ0v) is 10.8. The summed E-state index contributed by atoms with van der Waals surface area (Å²) >= 11 is 0. The van der Waals surface area contributed by atoms with E-state index in [0.717, 1.165) is 0 Å². The fourth-order valence-corrected chi connectivity index (χ4v) is 1.26. The van der Waals surface area contributed by atoms with E-state index in [-0.39, 0.29) is 18.0 Å². The van der Waals surface area contributed by atoms with Gasteiger partial charge in [0, 0.05) is 27.3 Å². The van der Waals surface area contributed by atoms with E-state index in [1.54, 1.807) is 33.0 Å². The molecule has 98 valence electrons. The molecule has 0 saturated heterocycles. The van der Waals surface area contributed by atoms with Gasteiger partial charge in [-0.1, -0.05) is 0 Å². The van der Waals surface area contributed by atoms with Crippen LogP contribution in [-0.2, 0) is 4.79 Å². The second-order valence-electron chi connectivity index (χ2n) is 4.12. The maximum Gasteiger partial charge on any atom is 0.339 e. The number of anilines is 1. The first kappa shape index (κ1) is 13.9. The summed E-state index contributed by atoms with van der Waals surface area (Å²) < 4.78 is 0. The van der Waals surface area contributed by atoms with Gasteiger partial charge in [0.15, 0.2) is 0 Å². The van der Waals surface area contributed by atoms with Crippen LogP contribution >= 0.6 is 0 Å². The molecule has 0 atom stereocenters. The van der Waals surface area contributed by atoms with Crippen LogP contribution in [0, 0.1) is 6.92 Å². The molecule has 0 fully saturated rings. The Balaban J connectivity index is 2.88. The smallest absolute Gasteiger partial charge is 0.339 e. The molecule has 0 aliphatic carbocycles. The second-order valence-corrected chi connectivity index (χ2v) is 4.12. The van der Waals surface area contributed by atoms with Crippen molar-refractivity contribution in [3.63, 3.8) is 0 Å². The van der Waals surface area contributed by atoms with Gasteiger partial charge in [-0.3, -0.25) is 4.79 Å². The normalized spacial score (nSPS) is 10.0. The number of aryl methyl sites for hydroxylation is 1. The predicted molar refractivity (Wildman–Crippen MR) is 65.7 cm³/mol. The number of aromatic carboxylic acids is 1.